The lowest BCUT2D eigenvalue weighted by atomic mass is 9.87. The fourth-order valence-corrected chi connectivity index (χ4v) is 5.25. The number of rotatable bonds is 5. The number of fused-ring (bicyclic) bond motifs is 2. The number of para-hydroxylation sites is 1. The Morgan fingerprint density at radius 2 is 1.94 bits per heavy atom. The van der Waals surface area contributed by atoms with Crippen LogP contribution in [0.4, 0.5) is 0 Å². The Kier molecular flexibility index (Phi) is 5.44. The van der Waals surface area contributed by atoms with Crippen molar-refractivity contribution in [1.82, 2.24) is 5.32 Å². The van der Waals surface area contributed by atoms with Crippen molar-refractivity contribution in [1.29, 1.82) is 0 Å². The number of phenolic OH excluding ortho intramolecular Hbond substituents is 1. The standard InChI is InChI=1S/C23H21NO7S/c25-17-7-21-20(30-11-31-21)5-14(17)13(6-22(27)24-16-9-32-10-18(16)26)15-8-29-19-4-2-1-3-12(19)23(15)28/h1-5,7-8,13,16,18,25-26H,6,9-11H2,(H,24,27)/t13-,16+,18+/m1/s1. The molecule has 0 saturated carbocycles. The second-order valence-electron chi connectivity index (χ2n) is 7.82. The van der Waals surface area contributed by atoms with Crippen LogP contribution in [0.3, 0.4) is 0 Å². The first kappa shape index (κ1) is 20.7. The molecule has 9 heteroatoms. The number of aromatic hydroxyl groups is 1. The van der Waals surface area contributed by atoms with E-state index in [1.807, 2.05) is 0 Å². The van der Waals surface area contributed by atoms with E-state index >= 15 is 0 Å². The van der Waals surface area contributed by atoms with Crippen LogP contribution >= 0.6 is 11.8 Å². The van der Waals surface area contributed by atoms with Gasteiger partial charge in [0.15, 0.2) is 16.9 Å². The zero-order chi connectivity index (χ0) is 22.2. The molecule has 166 valence electrons. The van der Waals surface area contributed by atoms with Gasteiger partial charge in [0.05, 0.1) is 23.8 Å². The number of aliphatic hydroxyl groups excluding tert-OH is 1. The highest BCUT2D eigenvalue weighted by atomic mass is 32.2. The Bertz CT molecular complexity index is 1240. The molecule has 3 aromatic rings. The molecule has 0 aliphatic carbocycles. The molecule has 32 heavy (non-hydrogen) atoms. The molecule has 3 N–H and O–H groups in total. The molecule has 0 spiro atoms. The summed E-state index contributed by atoms with van der Waals surface area (Å²) < 4.78 is 16.4. The third kappa shape index (κ3) is 3.78. The molecule has 2 aliphatic rings. The van der Waals surface area contributed by atoms with Crippen molar-refractivity contribution < 1.29 is 28.9 Å². The topological polar surface area (TPSA) is 118 Å². The summed E-state index contributed by atoms with van der Waals surface area (Å²) in [4.78, 5) is 26.2. The zero-order valence-electron chi connectivity index (χ0n) is 16.9. The van der Waals surface area contributed by atoms with Gasteiger partial charge in [-0.1, -0.05) is 12.1 Å². The van der Waals surface area contributed by atoms with Crippen molar-refractivity contribution in [3.63, 3.8) is 0 Å². The Hall–Kier alpha value is -3.17. The Labute approximate surface area is 187 Å². The van der Waals surface area contributed by atoms with E-state index in [4.69, 9.17) is 13.9 Å². The molecule has 2 aromatic carbocycles. The normalized spacial score (nSPS) is 20.4. The highest BCUT2D eigenvalue weighted by Crippen LogP contribution is 2.42. The fourth-order valence-electron chi connectivity index (χ4n) is 4.08. The summed E-state index contributed by atoms with van der Waals surface area (Å²) in [6.07, 6.45) is 0.601. The van der Waals surface area contributed by atoms with Crippen molar-refractivity contribution in [3.05, 3.63) is 64.0 Å². The lowest BCUT2D eigenvalue weighted by Gasteiger charge is -2.21. The molecule has 1 aromatic heterocycles. The van der Waals surface area contributed by atoms with Gasteiger partial charge in [0.2, 0.25) is 12.7 Å². The largest absolute Gasteiger partial charge is 0.508 e. The monoisotopic (exact) mass is 455 g/mol. The molecular weight excluding hydrogens is 434 g/mol. The van der Waals surface area contributed by atoms with Crippen molar-refractivity contribution in [2.24, 2.45) is 0 Å². The van der Waals surface area contributed by atoms with Gasteiger partial charge in [0.25, 0.3) is 0 Å². The maximum atomic E-state index is 13.3. The van der Waals surface area contributed by atoms with Gasteiger partial charge in [0, 0.05) is 41.0 Å². The van der Waals surface area contributed by atoms with E-state index in [1.165, 1.54) is 12.3 Å². The van der Waals surface area contributed by atoms with E-state index in [1.54, 1.807) is 42.1 Å². The molecular formula is C23H21NO7S. The van der Waals surface area contributed by atoms with Gasteiger partial charge < -0.3 is 29.4 Å². The van der Waals surface area contributed by atoms with Crippen LogP contribution in [-0.2, 0) is 4.79 Å². The molecule has 8 nitrogen and oxygen atoms in total. The molecule has 1 fully saturated rings. The quantitative estimate of drug-likeness (QED) is 0.537. The number of carbonyl (C=O) groups is 1. The number of ether oxygens (including phenoxy) is 2. The average Bonchev–Trinajstić information content (AvgIpc) is 3.40. The number of amides is 1. The number of benzene rings is 2. The fraction of sp³-hybridized carbons (Fsp3) is 0.304. The van der Waals surface area contributed by atoms with Crippen LogP contribution in [-0.4, -0.2) is 46.6 Å². The minimum absolute atomic E-state index is 0.0265. The summed E-state index contributed by atoms with van der Waals surface area (Å²) in [6.45, 7) is 0.0265. The summed E-state index contributed by atoms with van der Waals surface area (Å²) in [6, 6.07) is 9.51. The third-order valence-corrected chi connectivity index (χ3v) is 6.94. The highest BCUT2D eigenvalue weighted by molar-refractivity contribution is 7.99. The van der Waals surface area contributed by atoms with Gasteiger partial charge in [-0.2, -0.15) is 11.8 Å². The second kappa shape index (κ2) is 8.40. The lowest BCUT2D eigenvalue weighted by molar-refractivity contribution is -0.122. The van der Waals surface area contributed by atoms with Crippen LogP contribution < -0.4 is 20.2 Å². The van der Waals surface area contributed by atoms with Crippen LogP contribution in [0.1, 0.15) is 23.5 Å². The number of hydrogen-bond donors (Lipinski definition) is 3. The first-order valence-corrected chi connectivity index (χ1v) is 11.3. The van der Waals surface area contributed by atoms with Crippen LogP contribution in [0.2, 0.25) is 0 Å². The van der Waals surface area contributed by atoms with Gasteiger partial charge in [-0.3, -0.25) is 9.59 Å². The molecule has 0 radical (unpaired) electrons. The van der Waals surface area contributed by atoms with E-state index in [9.17, 15) is 19.8 Å². The second-order valence-corrected chi connectivity index (χ2v) is 8.89. The van der Waals surface area contributed by atoms with E-state index in [0.29, 0.717) is 39.5 Å². The maximum Gasteiger partial charge on any atom is 0.231 e. The van der Waals surface area contributed by atoms with Gasteiger partial charge in [0.1, 0.15) is 11.3 Å². The average molecular weight is 455 g/mol. The summed E-state index contributed by atoms with van der Waals surface area (Å²) in [5.74, 6) is 0.747. The zero-order valence-corrected chi connectivity index (χ0v) is 17.8. The Morgan fingerprint density at radius 1 is 1.16 bits per heavy atom. The number of nitrogens with one attached hydrogen (secondary N) is 1. The van der Waals surface area contributed by atoms with Crippen LogP contribution in [0.15, 0.2) is 51.9 Å². The SMILES string of the molecule is O=C(C[C@H](c1cc2c(cc1O)OCO2)c1coc2ccccc2c1=O)N[C@H]1CSC[C@@H]1O. The third-order valence-electron chi connectivity index (χ3n) is 5.77. The van der Waals surface area contributed by atoms with Crippen molar-refractivity contribution in [2.75, 3.05) is 18.3 Å². The highest BCUT2D eigenvalue weighted by Gasteiger charge is 2.31. The molecule has 1 saturated heterocycles. The first-order valence-electron chi connectivity index (χ1n) is 10.2. The molecule has 0 unspecified atom stereocenters. The van der Waals surface area contributed by atoms with E-state index < -0.39 is 12.0 Å². The summed E-state index contributed by atoms with van der Waals surface area (Å²) >= 11 is 1.56. The van der Waals surface area contributed by atoms with Crippen molar-refractivity contribution in [2.45, 2.75) is 24.5 Å². The van der Waals surface area contributed by atoms with Crippen LogP contribution in [0.25, 0.3) is 11.0 Å². The van der Waals surface area contributed by atoms with Gasteiger partial charge in [-0.25, -0.2) is 0 Å². The number of aliphatic hydroxyl groups is 1. The Balaban J connectivity index is 1.56. The number of hydrogen-bond acceptors (Lipinski definition) is 8. The predicted octanol–water partition coefficient (Wildman–Crippen LogP) is 2.34. The number of carbonyl (C=O) groups excluding carboxylic acids is 1. The van der Waals surface area contributed by atoms with Gasteiger partial charge >= 0.3 is 0 Å². The Morgan fingerprint density at radius 3 is 2.72 bits per heavy atom. The minimum Gasteiger partial charge on any atom is -0.508 e. The maximum absolute atomic E-state index is 13.3. The summed E-state index contributed by atoms with van der Waals surface area (Å²) in [7, 11) is 0. The van der Waals surface area contributed by atoms with Crippen LogP contribution in [0, 0.1) is 0 Å². The molecule has 5 rings (SSSR count). The molecule has 1 amide bonds. The lowest BCUT2D eigenvalue weighted by Crippen LogP contribution is -2.43. The number of phenols is 1. The summed E-state index contributed by atoms with van der Waals surface area (Å²) in [5, 5.41) is 24.0. The molecule has 3 atom stereocenters. The van der Waals surface area contributed by atoms with Gasteiger partial charge in [-0.05, 0) is 18.2 Å². The van der Waals surface area contributed by atoms with Crippen molar-refractivity contribution in [3.8, 4) is 17.2 Å². The van der Waals surface area contributed by atoms with Gasteiger partial charge in [-0.15, -0.1) is 0 Å². The minimum atomic E-state index is -0.795. The van der Waals surface area contributed by atoms with Crippen molar-refractivity contribution >= 4 is 28.6 Å². The smallest absolute Gasteiger partial charge is 0.231 e. The van der Waals surface area contributed by atoms with Crippen LogP contribution in [0.5, 0.6) is 17.2 Å². The molecule has 3 heterocycles. The van der Waals surface area contributed by atoms with E-state index in [2.05, 4.69) is 5.32 Å². The predicted molar refractivity (Wildman–Crippen MR) is 118 cm³/mol. The number of thioether (sulfide) groups is 1. The molecule has 0 bridgehead atoms. The molecule has 2 aliphatic heterocycles. The first-order chi connectivity index (χ1) is 15.5. The summed E-state index contributed by atoms with van der Waals surface area (Å²) in [5.41, 5.74) is 0.756. The van der Waals surface area contributed by atoms with E-state index in [-0.39, 0.29) is 41.9 Å². The van der Waals surface area contributed by atoms with E-state index in [0.717, 1.165) is 0 Å².